The third-order valence-corrected chi connectivity index (χ3v) is 3.57. The summed E-state index contributed by atoms with van der Waals surface area (Å²) in [6, 6.07) is 9.72. The fourth-order valence-electron chi connectivity index (χ4n) is 1.75. The lowest BCUT2D eigenvalue weighted by Gasteiger charge is -2.19. The van der Waals surface area contributed by atoms with Gasteiger partial charge in [0, 0.05) is 5.02 Å². The molecule has 0 unspecified atom stereocenters. The lowest BCUT2D eigenvalue weighted by molar-refractivity contribution is 0.0995. The molecule has 2 rings (SSSR count). The minimum atomic E-state index is -0.946. The number of benzene rings is 2. The summed E-state index contributed by atoms with van der Waals surface area (Å²) >= 11 is 17.7. The molecule has 0 aliphatic heterocycles. The maximum absolute atomic E-state index is 12.5. The molecule has 2 N–H and O–H groups in total. The summed E-state index contributed by atoms with van der Waals surface area (Å²) in [6.45, 7) is 0. The van der Waals surface area contributed by atoms with Crippen molar-refractivity contribution in [1.29, 1.82) is 0 Å². The predicted octanol–water partition coefficient (Wildman–Crippen LogP) is 4.37. The topological polar surface area (TPSA) is 63.4 Å². The van der Waals surface area contributed by atoms with Crippen LogP contribution in [0, 0.1) is 0 Å². The Labute approximate surface area is 136 Å². The maximum atomic E-state index is 12.5. The van der Waals surface area contributed by atoms with Gasteiger partial charge in [-0.1, -0.05) is 40.9 Å². The first kappa shape index (κ1) is 15.6. The summed E-state index contributed by atoms with van der Waals surface area (Å²) in [5.41, 5.74) is 5.57. The van der Waals surface area contributed by atoms with Crippen molar-refractivity contribution in [3.63, 3.8) is 0 Å². The summed E-state index contributed by atoms with van der Waals surface area (Å²) < 4.78 is 0. The average molecular weight is 344 g/mol. The summed E-state index contributed by atoms with van der Waals surface area (Å²) in [4.78, 5) is 24.9. The zero-order valence-electron chi connectivity index (χ0n) is 10.5. The Morgan fingerprint density at radius 2 is 1.43 bits per heavy atom. The number of imide groups is 1. The molecule has 7 heteroatoms. The smallest absolute Gasteiger partial charge is 0.326 e. The van der Waals surface area contributed by atoms with Crippen molar-refractivity contribution in [2.45, 2.75) is 0 Å². The van der Waals surface area contributed by atoms with E-state index in [9.17, 15) is 9.59 Å². The first-order valence-electron chi connectivity index (χ1n) is 5.75. The number of carbonyl (C=O) groups excluding carboxylic acids is 2. The second-order valence-electron chi connectivity index (χ2n) is 4.05. The van der Waals surface area contributed by atoms with Crippen molar-refractivity contribution in [3.05, 3.63) is 63.1 Å². The standard InChI is InChI=1S/C14H9Cl3N2O2/c15-8-4-6-9(7-5-8)19(14(18)21)13(20)12-10(16)2-1-3-11(12)17/h1-7H,(H2,18,21). The number of halogens is 3. The third kappa shape index (κ3) is 3.29. The van der Waals surface area contributed by atoms with Crippen LogP contribution in [0.3, 0.4) is 0 Å². The molecule has 108 valence electrons. The molecular formula is C14H9Cl3N2O2. The van der Waals surface area contributed by atoms with Gasteiger partial charge in [0.2, 0.25) is 0 Å². The Hall–Kier alpha value is -1.75. The largest absolute Gasteiger partial charge is 0.351 e. The third-order valence-electron chi connectivity index (χ3n) is 2.68. The van der Waals surface area contributed by atoms with Crippen LogP contribution in [-0.2, 0) is 0 Å². The number of nitrogens with two attached hydrogens (primary N) is 1. The van der Waals surface area contributed by atoms with Gasteiger partial charge in [-0.25, -0.2) is 9.69 Å². The van der Waals surface area contributed by atoms with E-state index in [0.29, 0.717) is 5.02 Å². The molecule has 0 aromatic heterocycles. The van der Waals surface area contributed by atoms with Crippen LogP contribution < -0.4 is 10.6 Å². The molecule has 0 radical (unpaired) electrons. The fraction of sp³-hybridized carbons (Fsp3) is 0. The molecule has 0 saturated carbocycles. The number of carbonyl (C=O) groups is 2. The Morgan fingerprint density at radius 1 is 0.905 bits per heavy atom. The number of primary amides is 1. The molecule has 21 heavy (non-hydrogen) atoms. The van der Waals surface area contributed by atoms with Crippen molar-refractivity contribution in [2.75, 3.05) is 4.90 Å². The van der Waals surface area contributed by atoms with E-state index in [2.05, 4.69) is 0 Å². The van der Waals surface area contributed by atoms with Crippen LogP contribution in [0.4, 0.5) is 10.5 Å². The first-order chi connectivity index (χ1) is 9.91. The lowest BCUT2D eigenvalue weighted by atomic mass is 10.2. The van der Waals surface area contributed by atoms with Crippen molar-refractivity contribution < 1.29 is 9.59 Å². The fourth-order valence-corrected chi connectivity index (χ4v) is 2.43. The van der Waals surface area contributed by atoms with E-state index in [1.807, 2.05) is 0 Å². The zero-order chi connectivity index (χ0) is 15.6. The van der Waals surface area contributed by atoms with Gasteiger partial charge in [0.25, 0.3) is 5.91 Å². The van der Waals surface area contributed by atoms with E-state index in [1.165, 1.54) is 36.4 Å². The summed E-state index contributed by atoms with van der Waals surface area (Å²) in [7, 11) is 0. The lowest BCUT2D eigenvalue weighted by Crippen LogP contribution is -2.41. The summed E-state index contributed by atoms with van der Waals surface area (Å²) in [5, 5.41) is 0.729. The molecule has 4 nitrogen and oxygen atoms in total. The molecular weight excluding hydrogens is 335 g/mol. The molecule has 0 fully saturated rings. The van der Waals surface area contributed by atoms with E-state index in [0.717, 1.165) is 4.90 Å². The maximum Gasteiger partial charge on any atom is 0.326 e. The zero-order valence-corrected chi connectivity index (χ0v) is 12.8. The minimum absolute atomic E-state index is 0.00887. The highest BCUT2D eigenvalue weighted by molar-refractivity contribution is 6.41. The van der Waals surface area contributed by atoms with Gasteiger partial charge in [-0.05, 0) is 36.4 Å². The molecule has 2 aromatic rings. The van der Waals surface area contributed by atoms with E-state index < -0.39 is 11.9 Å². The molecule has 0 heterocycles. The highest BCUT2D eigenvalue weighted by Crippen LogP contribution is 2.28. The van der Waals surface area contributed by atoms with Gasteiger partial charge in [-0.3, -0.25) is 4.79 Å². The molecule has 3 amide bonds. The van der Waals surface area contributed by atoms with Crippen LogP contribution >= 0.6 is 34.8 Å². The van der Waals surface area contributed by atoms with Crippen molar-refractivity contribution in [2.24, 2.45) is 5.73 Å². The van der Waals surface area contributed by atoms with Gasteiger partial charge in [0.1, 0.15) is 0 Å². The Balaban J connectivity index is 2.51. The first-order valence-corrected chi connectivity index (χ1v) is 6.88. The number of hydrogen-bond acceptors (Lipinski definition) is 2. The molecule has 2 aromatic carbocycles. The number of hydrogen-bond donors (Lipinski definition) is 1. The van der Waals surface area contributed by atoms with Crippen LogP contribution in [-0.4, -0.2) is 11.9 Å². The Kier molecular flexibility index (Phi) is 4.73. The number of rotatable bonds is 2. The normalized spacial score (nSPS) is 10.2. The molecule has 0 aliphatic carbocycles. The average Bonchev–Trinajstić information content (AvgIpc) is 2.40. The molecule has 0 aliphatic rings. The van der Waals surface area contributed by atoms with Gasteiger partial charge in [-0.15, -0.1) is 0 Å². The summed E-state index contributed by atoms with van der Waals surface area (Å²) in [5.74, 6) is -0.708. The van der Waals surface area contributed by atoms with Gasteiger partial charge >= 0.3 is 6.03 Å². The van der Waals surface area contributed by atoms with Crippen LogP contribution in [0.5, 0.6) is 0 Å². The second-order valence-corrected chi connectivity index (χ2v) is 5.30. The van der Waals surface area contributed by atoms with Crippen molar-refractivity contribution in [1.82, 2.24) is 0 Å². The van der Waals surface area contributed by atoms with E-state index in [-0.39, 0.29) is 21.3 Å². The molecule has 0 atom stereocenters. The van der Waals surface area contributed by atoms with E-state index in [1.54, 1.807) is 6.07 Å². The summed E-state index contributed by atoms with van der Waals surface area (Å²) in [6.07, 6.45) is 0. The highest BCUT2D eigenvalue weighted by atomic mass is 35.5. The van der Waals surface area contributed by atoms with Gasteiger partial charge in [0.15, 0.2) is 0 Å². The monoisotopic (exact) mass is 342 g/mol. The van der Waals surface area contributed by atoms with Crippen molar-refractivity contribution >= 4 is 52.4 Å². The van der Waals surface area contributed by atoms with E-state index >= 15 is 0 Å². The van der Waals surface area contributed by atoms with Gasteiger partial charge in [0.05, 0.1) is 21.3 Å². The highest BCUT2D eigenvalue weighted by Gasteiger charge is 2.26. The number of nitrogens with zero attached hydrogens (tertiary/aromatic N) is 1. The number of anilines is 1. The van der Waals surface area contributed by atoms with Crippen molar-refractivity contribution in [3.8, 4) is 0 Å². The number of amides is 3. The minimum Gasteiger partial charge on any atom is -0.351 e. The molecule has 0 spiro atoms. The molecule has 0 bridgehead atoms. The number of urea groups is 1. The van der Waals surface area contributed by atoms with Crippen LogP contribution in [0.1, 0.15) is 10.4 Å². The van der Waals surface area contributed by atoms with E-state index in [4.69, 9.17) is 40.5 Å². The van der Waals surface area contributed by atoms with Crippen LogP contribution in [0.15, 0.2) is 42.5 Å². The SMILES string of the molecule is NC(=O)N(C(=O)c1c(Cl)cccc1Cl)c1ccc(Cl)cc1. The Morgan fingerprint density at radius 3 is 1.90 bits per heavy atom. The van der Waals surface area contributed by atoms with Crippen LogP contribution in [0.2, 0.25) is 15.1 Å². The quantitative estimate of drug-likeness (QED) is 0.880. The second kappa shape index (κ2) is 6.35. The van der Waals surface area contributed by atoms with Gasteiger partial charge in [-0.2, -0.15) is 0 Å². The predicted molar refractivity (Wildman–Crippen MR) is 84.3 cm³/mol. The van der Waals surface area contributed by atoms with Gasteiger partial charge < -0.3 is 5.73 Å². The molecule has 0 saturated heterocycles. The van der Waals surface area contributed by atoms with Crippen LogP contribution in [0.25, 0.3) is 0 Å². The Bertz CT molecular complexity index is 682.